The van der Waals surface area contributed by atoms with Crippen LogP contribution in [-0.2, 0) is 14.8 Å². The van der Waals surface area contributed by atoms with Crippen molar-refractivity contribution in [3.8, 4) is 5.75 Å². The molecule has 0 bridgehead atoms. The molecule has 0 spiro atoms. The molecule has 0 aliphatic carbocycles. The van der Waals surface area contributed by atoms with Crippen molar-refractivity contribution in [3.63, 3.8) is 0 Å². The van der Waals surface area contributed by atoms with Crippen LogP contribution in [0, 0.1) is 0 Å². The summed E-state index contributed by atoms with van der Waals surface area (Å²) in [5.41, 5.74) is 0.289. The van der Waals surface area contributed by atoms with E-state index in [-0.39, 0.29) is 16.3 Å². The fourth-order valence-corrected chi connectivity index (χ4v) is 2.90. The monoisotopic (exact) mass is 367 g/mol. The molecule has 0 aliphatic rings. The van der Waals surface area contributed by atoms with E-state index in [2.05, 4.69) is 4.72 Å². The van der Waals surface area contributed by atoms with Crippen molar-refractivity contribution in [2.45, 2.75) is 30.0 Å². The lowest BCUT2D eigenvalue weighted by atomic mass is 10.1. The maximum absolute atomic E-state index is 12.3. The third-order valence-electron chi connectivity index (χ3n) is 3.44. The number of esters is 1. The fourth-order valence-electron chi connectivity index (χ4n) is 1.79. The number of ether oxygens (including phenoxy) is 1. The molecule has 2 rings (SSSR count). The van der Waals surface area contributed by atoms with Crippen molar-refractivity contribution in [1.82, 2.24) is 0 Å². The molecule has 1 atom stereocenters. The van der Waals surface area contributed by atoms with E-state index in [1.165, 1.54) is 18.2 Å². The van der Waals surface area contributed by atoms with Crippen LogP contribution in [0.1, 0.15) is 20.3 Å². The first-order valence-electron chi connectivity index (χ1n) is 7.34. The van der Waals surface area contributed by atoms with Gasteiger partial charge in [-0.25, -0.2) is 13.2 Å². The Bertz CT molecular complexity index is 819. The van der Waals surface area contributed by atoms with Gasteiger partial charge in [-0.15, -0.1) is 11.6 Å². The number of halogens is 1. The first kappa shape index (κ1) is 18.3. The summed E-state index contributed by atoms with van der Waals surface area (Å²) in [6.45, 7) is 3.34. The largest absolute Gasteiger partial charge is 0.425 e. The van der Waals surface area contributed by atoms with Gasteiger partial charge in [0, 0.05) is 6.07 Å². The van der Waals surface area contributed by atoms with E-state index in [9.17, 15) is 13.2 Å². The molecule has 2 aromatic rings. The standard InChI is InChI=1S/C17H18ClNO4S/c1-3-17(2,18)16(20)23-14-9-7-8-13(12-14)19-24(21,22)15-10-5-4-6-11-15/h4-12,19H,3H2,1-2H3. The molecule has 7 heteroatoms. The zero-order valence-electron chi connectivity index (χ0n) is 13.3. The van der Waals surface area contributed by atoms with Gasteiger partial charge in [-0.1, -0.05) is 31.2 Å². The number of carbonyl (C=O) groups excluding carboxylic acids is 1. The third-order valence-corrected chi connectivity index (χ3v) is 5.26. The molecule has 2 aromatic carbocycles. The average molecular weight is 368 g/mol. The van der Waals surface area contributed by atoms with Crippen molar-refractivity contribution in [1.29, 1.82) is 0 Å². The zero-order valence-corrected chi connectivity index (χ0v) is 14.9. The molecule has 0 saturated heterocycles. The van der Waals surface area contributed by atoms with Gasteiger partial charge >= 0.3 is 5.97 Å². The van der Waals surface area contributed by atoms with E-state index < -0.39 is 20.9 Å². The molecule has 0 aromatic heterocycles. The summed E-state index contributed by atoms with van der Waals surface area (Å²) >= 11 is 6.06. The minimum atomic E-state index is -3.71. The van der Waals surface area contributed by atoms with Crippen LogP contribution in [-0.4, -0.2) is 19.3 Å². The number of alkyl halides is 1. The second-order valence-corrected chi connectivity index (χ2v) is 7.90. The smallest absolute Gasteiger partial charge is 0.332 e. The van der Waals surface area contributed by atoms with Gasteiger partial charge in [-0.3, -0.25) is 4.72 Å². The maximum atomic E-state index is 12.3. The fraction of sp³-hybridized carbons (Fsp3) is 0.235. The summed E-state index contributed by atoms with van der Waals surface area (Å²) in [5, 5.41) is 0. The highest BCUT2D eigenvalue weighted by Crippen LogP contribution is 2.25. The summed E-state index contributed by atoms with van der Waals surface area (Å²) < 4.78 is 32.3. The number of nitrogens with one attached hydrogen (secondary N) is 1. The highest BCUT2D eigenvalue weighted by Gasteiger charge is 2.30. The second kappa shape index (κ2) is 7.23. The lowest BCUT2D eigenvalue weighted by molar-refractivity contribution is -0.137. The van der Waals surface area contributed by atoms with Crippen LogP contribution in [0.15, 0.2) is 59.5 Å². The third kappa shape index (κ3) is 4.49. The summed E-state index contributed by atoms with van der Waals surface area (Å²) in [7, 11) is -3.71. The molecule has 0 saturated carbocycles. The summed E-state index contributed by atoms with van der Waals surface area (Å²) in [6.07, 6.45) is 0.410. The predicted molar refractivity (Wildman–Crippen MR) is 93.9 cm³/mol. The van der Waals surface area contributed by atoms with Crippen LogP contribution in [0.4, 0.5) is 5.69 Å². The Morgan fingerprint density at radius 3 is 2.46 bits per heavy atom. The van der Waals surface area contributed by atoms with E-state index in [1.54, 1.807) is 50.2 Å². The minimum Gasteiger partial charge on any atom is -0.425 e. The van der Waals surface area contributed by atoms with Crippen molar-refractivity contribution in [2.24, 2.45) is 0 Å². The topological polar surface area (TPSA) is 72.5 Å². The SMILES string of the molecule is CCC(C)(Cl)C(=O)Oc1cccc(NS(=O)(=O)c2ccccc2)c1. The second-order valence-electron chi connectivity index (χ2n) is 5.39. The van der Waals surface area contributed by atoms with Gasteiger partial charge in [0.1, 0.15) is 10.6 Å². The number of hydrogen-bond donors (Lipinski definition) is 1. The molecular weight excluding hydrogens is 350 g/mol. The molecule has 0 radical (unpaired) electrons. The molecule has 0 amide bonds. The van der Waals surface area contributed by atoms with E-state index in [4.69, 9.17) is 16.3 Å². The van der Waals surface area contributed by atoms with Gasteiger partial charge < -0.3 is 4.74 Å². The lowest BCUT2D eigenvalue weighted by Crippen LogP contribution is -2.32. The van der Waals surface area contributed by atoms with E-state index in [0.29, 0.717) is 6.42 Å². The van der Waals surface area contributed by atoms with Crippen LogP contribution in [0.25, 0.3) is 0 Å². The molecule has 0 fully saturated rings. The summed E-state index contributed by atoms with van der Waals surface area (Å²) in [4.78, 5) is 11.0. The van der Waals surface area contributed by atoms with Gasteiger partial charge in [-0.2, -0.15) is 0 Å². The lowest BCUT2D eigenvalue weighted by Gasteiger charge is -2.18. The van der Waals surface area contributed by atoms with Crippen molar-refractivity contribution in [2.75, 3.05) is 4.72 Å². The molecule has 24 heavy (non-hydrogen) atoms. The number of sulfonamides is 1. The van der Waals surface area contributed by atoms with Gasteiger partial charge in [0.15, 0.2) is 0 Å². The van der Waals surface area contributed by atoms with Crippen LogP contribution in [0.3, 0.4) is 0 Å². The number of hydrogen-bond acceptors (Lipinski definition) is 4. The highest BCUT2D eigenvalue weighted by atomic mass is 35.5. The Labute approximate surface area is 146 Å². The molecule has 0 aliphatic heterocycles. The number of benzene rings is 2. The van der Waals surface area contributed by atoms with Crippen LogP contribution >= 0.6 is 11.6 Å². The van der Waals surface area contributed by atoms with E-state index >= 15 is 0 Å². The first-order chi connectivity index (χ1) is 11.2. The molecule has 1 unspecified atom stereocenters. The highest BCUT2D eigenvalue weighted by molar-refractivity contribution is 7.92. The first-order valence-corrected chi connectivity index (χ1v) is 9.20. The molecule has 1 N–H and O–H groups in total. The van der Waals surface area contributed by atoms with Crippen LogP contribution in [0.2, 0.25) is 0 Å². The zero-order chi connectivity index (χ0) is 17.8. The van der Waals surface area contributed by atoms with Crippen molar-refractivity contribution < 1.29 is 17.9 Å². The van der Waals surface area contributed by atoms with Gasteiger partial charge in [0.25, 0.3) is 10.0 Å². The Morgan fingerprint density at radius 1 is 1.17 bits per heavy atom. The quantitative estimate of drug-likeness (QED) is 0.479. The van der Waals surface area contributed by atoms with E-state index in [1.807, 2.05) is 0 Å². The Morgan fingerprint density at radius 2 is 1.83 bits per heavy atom. The predicted octanol–water partition coefficient (Wildman–Crippen LogP) is 3.80. The number of rotatable bonds is 6. The molecular formula is C17H18ClNO4S. The Hall–Kier alpha value is -2.05. The number of carbonyl (C=O) groups is 1. The average Bonchev–Trinajstić information content (AvgIpc) is 2.55. The summed E-state index contributed by atoms with van der Waals surface area (Å²) in [6, 6.07) is 14.1. The Kier molecular flexibility index (Phi) is 5.51. The van der Waals surface area contributed by atoms with E-state index in [0.717, 1.165) is 0 Å². The maximum Gasteiger partial charge on any atom is 0.332 e. The van der Waals surface area contributed by atoms with Crippen LogP contribution < -0.4 is 9.46 Å². The molecule has 128 valence electrons. The summed E-state index contributed by atoms with van der Waals surface area (Å²) in [5.74, 6) is -0.372. The van der Waals surface area contributed by atoms with Crippen molar-refractivity contribution >= 4 is 33.3 Å². The van der Waals surface area contributed by atoms with Gasteiger partial charge in [0.2, 0.25) is 0 Å². The van der Waals surface area contributed by atoms with Crippen LogP contribution in [0.5, 0.6) is 5.75 Å². The Balaban J connectivity index is 2.18. The van der Waals surface area contributed by atoms with Crippen molar-refractivity contribution in [3.05, 3.63) is 54.6 Å². The van der Waals surface area contributed by atoms with Gasteiger partial charge in [0.05, 0.1) is 10.6 Å². The van der Waals surface area contributed by atoms with Gasteiger partial charge in [-0.05, 0) is 37.6 Å². The minimum absolute atomic E-state index is 0.145. The normalized spacial score (nSPS) is 13.8. The number of anilines is 1. The molecule has 5 nitrogen and oxygen atoms in total. The molecule has 0 heterocycles.